The fourth-order valence-corrected chi connectivity index (χ4v) is 9.76. The third-order valence-corrected chi connectivity index (χ3v) is 11.6. The number of ketones is 2. The van der Waals surface area contributed by atoms with Gasteiger partial charge in [0.05, 0.1) is 51.8 Å². The van der Waals surface area contributed by atoms with E-state index < -0.39 is 5.41 Å². The van der Waals surface area contributed by atoms with Crippen LogP contribution in [0.25, 0.3) is 42.7 Å². The van der Waals surface area contributed by atoms with Crippen molar-refractivity contribution in [2.75, 3.05) is 0 Å². The summed E-state index contributed by atoms with van der Waals surface area (Å²) in [6.45, 7) is 15.2. The molecule has 226 valence electrons. The van der Waals surface area contributed by atoms with Gasteiger partial charge >= 0.3 is 0 Å². The number of hydrogen-bond donors (Lipinski definition) is 0. The van der Waals surface area contributed by atoms with Gasteiger partial charge in [0.25, 0.3) is 11.4 Å². The predicted molar refractivity (Wildman–Crippen MR) is 183 cm³/mol. The van der Waals surface area contributed by atoms with Gasteiger partial charge < -0.3 is 0 Å². The summed E-state index contributed by atoms with van der Waals surface area (Å²) in [7, 11) is 0. The molecule has 4 aromatic rings. The fraction of sp³-hybridized carbons (Fsp3) is 0.158. The lowest BCUT2D eigenvalue weighted by atomic mass is 9.72. The van der Waals surface area contributed by atoms with E-state index in [-0.39, 0.29) is 34.1 Å². The monoisotopic (exact) mass is 656 g/mol. The SMILES string of the molecule is [C-]#[N+]C(C#N)=C1/C(=C/c2nc3c(s2)-c2sc(/C=C4\C(=O)c5ccccc5\C4=C(\C#N)[N+]#[C-])nc2C32CCCCC2)C(=O)c2ccccc21. The van der Waals surface area contributed by atoms with E-state index in [1.807, 2.05) is 12.1 Å². The molecule has 4 aliphatic rings. The van der Waals surface area contributed by atoms with Crippen molar-refractivity contribution in [3.8, 4) is 21.9 Å². The van der Waals surface area contributed by atoms with Crippen molar-refractivity contribution >= 4 is 57.5 Å². The van der Waals surface area contributed by atoms with Gasteiger partial charge in [0.2, 0.25) is 0 Å². The van der Waals surface area contributed by atoms with Crippen molar-refractivity contribution in [1.29, 1.82) is 10.5 Å². The molecule has 8 rings (SSSR count). The van der Waals surface area contributed by atoms with Crippen LogP contribution in [0.15, 0.2) is 71.1 Å². The molecule has 10 heteroatoms. The largest absolute Gasteiger partial charge is 0.289 e. The molecular formula is C38H20N6O2S2. The van der Waals surface area contributed by atoms with Crippen LogP contribution in [0, 0.1) is 35.8 Å². The Morgan fingerprint density at radius 3 is 1.52 bits per heavy atom. The highest BCUT2D eigenvalue weighted by Gasteiger charge is 2.49. The van der Waals surface area contributed by atoms with Crippen molar-refractivity contribution in [2.24, 2.45) is 0 Å². The first-order valence-corrected chi connectivity index (χ1v) is 16.9. The van der Waals surface area contributed by atoms with Gasteiger partial charge in [-0.05, 0) is 36.1 Å². The van der Waals surface area contributed by atoms with E-state index in [0.717, 1.165) is 53.2 Å². The lowest BCUT2D eigenvalue weighted by Gasteiger charge is -2.32. The molecule has 0 radical (unpaired) electrons. The highest BCUT2D eigenvalue weighted by Crippen LogP contribution is 2.59. The molecule has 0 aliphatic heterocycles. The summed E-state index contributed by atoms with van der Waals surface area (Å²) in [6, 6.07) is 18.0. The van der Waals surface area contributed by atoms with Gasteiger partial charge in [-0.3, -0.25) is 9.59 Å². The summed E-state index contributed by atoms with van der Waals surface area (Å²) in [5, 5.41) is 20.7. The van der Waals surface area contributed by atoms with Crippen molar-refractivity contribution in [3.63, 3.8) is 0 Å². The van der Waals surface area contributed by atoms with Gasteiger partial charge in [-0.2, -0.15) is 0 Å². The molecular weight excluding hydrogens is 637 g/mol. The van der Waals surface area contributed by atoms with Crippen molar-refractivity contribution in [1.82, 2.24) is 9.97 Å². The number of carbonyl (C=O) groups excluding carboxylic acids is 2. The maximum Gasteiger partial charge on any atom is 0.270 e. The molecule has 0 unspecified atom stereocenters. The minimum absolute atomic E-state index is 0.135. The number of thiazole rings is 2. The molecule has 0 saturated heterocycles. The molecule has 0 amide bonds. The number of hydrogen-bond acceptors (Lipinski definition) is 8. The number of benzene rings is 2. The third kappa shape index (κ3) is 4.08. The average molecular weight is 657 g/mol. The van der Waals surface area contributed by atoms with Crippen molar-refractivity contribution < 1.29 is 9.59 Å². The number of nitriles is 2. The number of allylic oxidation sites excluding steroid dienone is 6. The van der Waals surface area contributed by atoms with Crippen LogP contribution < -0.4 is 0 Å². The highest BCUT2D eigenvalue weighted by atomic mass is 32.1. The van der Waals surface area contributed by atoms with Crippen LogP contribution in [0.4, 0.5) is 0 Å². The Kier molecular flexibility index (Phi) is 6.76. The van der Waals surface area contributed by atoms with Gasteiger partial charge in [0, 0.05) is 33.4 Å². The third-order valence-electron chi connectivity index (χ3n) is 9.46. The second-order valence-corrected chi connectivity index (χ2v) is 13.9. The molecule has 2 heterocycles. The second-order valence-electron chi connectivity index (χ2n) is 11.9. The van der Waals surface area contributed by atoms with E-state index in [0.29, 0.717) is 43.4 Å². The minimum atomic E-state index is -0.408. The molecule has 48 heavy (non-hydrogen) atoms. The summed E-state index contributed by atoms with van der Waals surface area (Å²) >= 11 is 2.91. The molecule has 2 aromatic heterocycles. The predicted octanol–water partition coefficient (Wildman–Crippen LogP) is 8.70. The lowest BCUT2D eigenvalue weighted by molar-refractivity contribution is 0.103. The molecule has 1 fully saturated rings. The Labute approximate surface area is 283 Å². The first kappa shape index (κ1) is 29.4. The minimum Gasteiger partial charge on any atom is -0.289 e. The summed E-state index contributed by atoms with van der Waals surface area (Å²) in [4.78, 5) is 46.2. The maximum atomic E-state index is 13.6. The summed E-state index contributed by atoms with van der Waals surface area (Å²) in [5.74, 6) is -0.483. The van der Waals surface area contributed by atoms with Crippen molar-refractivity contribution in [2.45, 2.75) is 37.5 Å². The topological polar surface area (TPSA) is 116 Å². The normalized spacial score (nSPS) is 20.4. The molecule has 0 bridgehead atoms. The van der Waals surface area contributed by atoms with Crippen molar-refractivity contribution in [3.05, 3.63) is 138 Å². The Bertz CT molecular complexity index is 2270. The molecule has 0 N–H and O–H groups in total. The van der Waals surface area contributed by atoms with Crippen LogP contribution in [0.5, 0.6) is 0 Å². The standard InChI is InChI=1S/C38H20N6O2S2/c1-41-26(18-39)30-20-10-4-6-12-22(20)32(45)24(30)16-28-43-36-34(47-28)35-37(38(36)14-8-3-9-15-38)44-29(48-35)17-25-31(27(19-40)42-2)21-11-5-7-13-23(21)33(25)46/h4-7,10-13,16-17H,3,8-9,14-15H2/b24-16-,25-17-,30-26+,31-27?. The average Bonchev–Trinajstić information content (AvgIpc) is 3.90. The smallest absolute Gasteiger partial charge is 0.270 e. The first-order chi connectivity index (χ1) is 23.4. The molecule has 8 nitrogen and oxygen atoms in total. The number of fused-ring (bicyclic) bond motifs is 7. The van der Waals surface area contributed by atoms with Crippen LogP contribution in [0.3, 0.4) is 0 Å². The van der Waals surface area contributed by atoms with E-state index in [4.69, 9.17) is 23.1 Å². The number of aromatic nitrogens is 2. The summed E-state index contributed by atoms with van der Waals surface area (Å²) in [6.07, 6.45) is 8.28. The fourth-order valence-electron chi connectivity index (χ4n) is 7.41. The number of carbonyl (C=O) groups is 2. The highest BCUT2D eigenvalue weighted by molar-refractivity contribution is 7.23. The number of rotatable bonds is 2. The Hall–Kier alpha value is -6.04. The Balaban J connectivity index is 1.28. The van der Waals surface area contributed by atoms with Gasteiger partial charge in [-0.1, -0.05) is 67.8 Å². The van der Waals surface area contributed by atoms with Crippen LogP contribution in [-0.4, -0.2) is 21.5 Å². The van der Waals surface area contributed by atoms with Crippen LogP contribution in [-0.2, 0) is 5.41 Å². The van der Waals surface area contributed by atoms with E-state index in [9.17, 15) is 20.1 Å². The summed E-state index contributed by atoms with van der Waals surface area (Å²) in [5.41, 5.74) is 4.52. The lowest BCUT2D eigenvalue weighted by Crippen LogP contribution is -2.29. The number of nitrogens with zero attached hydrogens (tertiary/aromatic N) is 6. The van der Waals surface area contributed by atoms with Crippen LogP contribution >= 0.6 is 22.7 Å². The molecule has 1 spiro atoms. The van der Waals surface area contributed by atoms with Gasteiger partial charge in [-0.15, -0.1) is 22.7 Å². The summed E-state index contributed by atoms with van der Waals surface area (Å²) < 4.78 is 0. The Morgan fingerprint density at radius 1 is 0.708 bits per heavy atom. The zero-order valence-electron chi connectivity index (χ0n) is 25.1. The van der Waals surface area contributed by atoms with E-state index >= 15 is 0 Å². The zero-order chi connectivity index (χ0) is 33.2. The van der Waals surface area contributed by atoms with E-state index in [2.05, 4.69) is 9.69 Å². The molecule has 2 aromatic carbocycles. The van der Waals surface area contributed by atoms with Crippen LogP contribution in [0.2, 0.25) is 0 Å². The maximum absolute atomic E-state index is 13.6. The molecule has 1 saturated carbocycles. The van der Waals surface area contributed by atoms with Gasteiger partial charge in [0.1, 0.15) is 10.0 Å². The van der Waals surface area contributed by atoms with E-state index in [1.54, 1.807) is 60.7 Å². The van der Waals surface area contributed by atoms with Gasteiger partial charge in [0.15, 0.2) is 11.6 Å². The number of Topliss-reactive ketones (excluding diaryl/α,β-unsaturated/α-hetero) is 2. The zero-order valence-corrected chi connectivity index (χ0v) is 26.8. The van der Waals surface area contributed by atoms with Crippen LogP contribution in [0.1, 0.15) is 85.4 Å². The second kappa shape index (κ2) is 11.0. The molecule has 0 atom stereocenters. The molecule has 4 aliphatic carbocycles. The van der Waals surface area contributed by atoms with Gasteiger partial charge in [-0.25, -0.2) is 30.2 Å². The van der Waals surface area contributed by atoms with E-state index in [1.165, 1.54) is 22.7 Å². The quantitative estimate of drug-likeness (QED) is 0.121. The first-order valence-electron chi connectivity index (χ1n) is 15.2. The Morgan fingerprint density at radius 2 is 1.12 bits per heavy atom.